The van der Waals surface area contributed by atoms with E-state index in [0.29, 0.717) is 0 Å². The van der Waals surface area contributed by atoms with Gasteiger partial charge in [0.2, 0.25) is 0 Å². The molecule has 4 heteroatoms. The van der Waals surface area contributed by atoms with E-state index >= 15 is 0 Å². The molecule has 1 nitrogen and oxygen atoms in total. The summed E-state index contributed by atoms with van der Waals surface area (Å²) < 4.78 is 40.8. The van der Waals surface area contributed by atoms with Crippen LogP contribution >= 0.6 is 0 Å². The van der Waals surface area contributed by atoms with Crippen LogP contribution in [0.1, 0.15) is 46.5 Å². The molecule has 0 aromatic carbocycles. The zero-order chi connectivity index (χ0) is 11.2. The Morgan fingerprint density at radius 1 is 1.07 bits per heavy atom. The number of ether oxygens (including phenoxy) is 1. The highest BCUT2D eigenvalue weighted by molar-refractivity contribution is 4.70. The summed E-state index contributed by atoms with van der Waals surface area (Å²) in [6.07, 6.45) is -3.10. The van der Waals surface area contributed by atoms with Gasteiger partial charge < -0.3 is 4.74 Å². The lowest BCUT2D eigenvalue weighted by atomic mass is 10.0. The molecule has 0 aromatic heterocycles. The molecule has 0 aliphatic carbocycles. The summed E-state index contributed by atoms with van der Waals surface area (Å²) in [5.74, 6) is 0. The fraction of sp³-hybridized carbons (Fsp3) is 1.00. The molecule has 0 spiro atoms. The second kappa shape index (κ2) is 5.59. The SMILES string of the molecule is CCC(C)(CC)OCCCC(F)(F)F. The molecule has 0 saturated carbocycles. The van der Waals surface area contributed by atoms with Crippen molar-refractivity contribution in [3.05, 3.63) is 0 Å². The average Bonchev–Trinajstić information content (AvgIpc) is 2.11. The van der Waals surface area contributed by atoms with Crippen LogP contribution in [0.2, 0.25) is 0 Å². The summed E-state index contributed by atoms with van der Waals surface area (Å²) >= 11 is 0. The highest BCUT2D eigenvalue weighted by Crippen LogP contribution is 2.23. The minimum atomic E-state index is -4.06. The first-order chi connectivity index (χ1) is 6.33. The highest BCUT2D eigenvalue weighted by atomic mass is 19.4. The highest BCUT2D eigenvalue weighted by Gasteiger charge is 2.27. The van der Waals surface area contributed by atoms with Crippen molar-refractivity contribution in [3.8, 4) is 0 Å². The lowest BCUT2D eigenvalue weighted by molar-refractivity contribution is -0.141. The van der Waals surface area contributed by atoms with Gasteiger partial charge in [-0.25, -0.2) is 0 Å². The van der Waals surface area contributed by atoms with E-state index in [9.17, 15) is 13.2 Å². The normalized spacial score (nSPS) is 13.3. The summed E-state index contributed by atoms with van der Waals surface area (Å²) in [6, 6.07) is 0. The van der Waals surface area contributed by atoms with E-state index in [0.717, 1.165) is 12.8 Å². The van der Waals surface area contributed by atoms with Crippen molar-refractivity contribution in [2.45, 2.75) is 58.2 Å². The van der Waals surface area contributed by atoms with Crippen LogP contribution in [0, 0.1) is 0 Å². The zero-order valence-corrected chi connectivity index (χ0v) is 9.08. The number of rotatable bonds is 6. The van der Waals surface area contributed by atoms with Gasteiger partial charge in [0.1, 0.15) is 0 Å². The van der Waals surface area contributed by atoms with Gasteiger partial charge >= 0.3 is 6.18 Å². The van der Waals surface area contributed by atoms with Gasteiger partial charge in [-0.15, -0.1) is 0 Å². The van der Waals surface area contributed by atoms with Crippen molar-refractivity contribution in [2.75, 3.05) is 6.61 Å². The van der Waals surface area contributed by atoms with Crippen LogP contribution in [-0.4, -0.2) is 18.4 Å². The van der Waals surface area contributed by atoms with Gasteiger partial charge in [-0.2, -0.15) is 13.2 Å². The van der Waals surface area contributed by atoms with E-state index in [1.807, 2.05) is 20.8 Å². The Balaban J connectivity index is 3.63. The van der Waals surface area contributed by atoms with Crippen molar-refractivity contribution in [1.82, 2.24) is 0 Å². The van der Waals surface area contributed by atoms with Crippen LogP contribution in [0.15, 0.2) is 0 Å². The van der Waals surface area contributed by atoms with Gasteiger partial charge in [0.05, 0.1) is 5.60 Å². The van der Waals surface area contributed by atoms with Gasteiger partial charge in [-0.3, -0.25) is 0 Å². The Kier molecular flexibility index (Phi) is 5.49. The molecule has 0 unspecified atom stereocenters. The number of alkyl halides is 3. The maximum Gasteiger partial charge on any atom is 0.389 e. The van der Waals surface area contributed by atoms with E-state index in [1.54, 1.807) is 0 Å². The maximum atomic E-state index is 11.8. The Labute approximate surface area is 83.6 Å². The number of hydrogen-bond acceptors (Lipinski definition) is 1. The first-order valence-corrected chi connectivity index (χ1v) is 5.03. The summed E-state index contributed by atoms with van der Waals surface area (Å²) in [7, 11) is 0. The van der Waals surface area contributed by atoms with Gasteiger partial charge in [0.15, 0.2) is 0 Å². The summed E-state index contributed by atoms with van der Waals surface area (Å²) in [6.45, 7) is 6.08. The van der Waals surface area contributed by atoms with Crippen molar-refractivity contribution in [3.63, 3.8) is 0 Å². The number of halogens is 3. The topological polar surface area (TPSA) is 9.23 Å². The minimum absolute atomic E-state index is 0.0547. The van der Waals surface area contributed by atoms with Crippen molar-refractivity contribution >= 4 is 0 Å². The smallest absolute Gasteiger partial charge is 0.375 e. The monoisotopic (exact) mass is 212 g/mol. The first kappa shape index (κ1) is 13.8. The molecule has 0 aromatic rings. The molecule has 86 valence electrons. The average molecular weight is 212 g/mol. The Morgan fingerprint density at radius 3 is 1.93 bits per heavy atom. The van der Waals surface area contributed by atoms with E-state index < -0.39 is 12.6 Å². The van der Waals surface area contributed by atoms with Crippen LogP contribution in [-0.2, 0) is 4.74 Å². The summed E-state index contributed by atoms with van der Waals surface area (Å²) in [4.78, 5) is 0. The molecule has 14 heavy (non-hydrogen) atoms. The summed E-state index contributed by atoms with van der Waals surface area (Å²) in [5, 5.41) is 0. The minimum Gasteiger partial charge on any atom is -0.375 e. The van der Waals surface area contributed by atoms with E-state index in [1.165, 1.54) is 0 Å². The zero-order valence-electron chi connectivity index (χ0n) is 9.08. The van der Waals surface area contributed by atoms with Crippen molar-refractivity contribution in [1.29, 1.82) is 0 Å². The second-order valence-electron chi connectivity index (χ2n) is 3.72. The van der Waals surface area contributed by atoms with Gasteiger partial charge in [-0.05, 0) is 26.2 Å². The molecule has 0 heterocycles. The Hall–Kier alpha value is -0.250. The van der Waals surface area contributed by atoms with Gasteiger partial charge in [0, 0.05) is 13.0 Å². The summed E-state index contributed by atoms with van der Waals surface area (Å²) in [5.41, 5.74) is -0.258. The molecule has 0 saturated heterocycles. The predicted octanol–water partition coefficient (Wildman–Crippen LogP) is 3.92. The third-order valence-corrected chi connectivity index (χ3v) is 2.55. The maximum absolute atomic E-state index is 11.8. The Bertz CT molecular complexity index is 150. The number of hydrogen-bond donors (Lipinski definition) is 0. The van der Waals surface area contributed by atoms with Gasteiger partial charge in [-0.1, -0.05) is 13.8 Å². The third-order valence-electron chi connectivity index (χ3n) is 2.55. The van der Waals surface area contributed by atoms with Crippen molar-refractivity contribution in [2.24, 2.45) is 0 Å². The standard InChI is InChI=1S/C10H19F3O/c1-4-9(3,5-2)14-8-6-7-10(11,12)13/h4-8H2,1-3H3. The molecule has 0 rings (SSSR count). The Morgan fingerprint density at radius 2 is 1.57 bits per heavy atom. The molecule has 0 amide bonds. The van der Waals surface area contributed by atoms with Crippen LogP contribution in [0.4, 0.5) is 13.2 Å². The second-order valence-corrected chi connectivity index (χ2v) is 3.72. The lowest BCUT2D eigenvalue weighted by Gasteiger charge is -2.27. The van der Waals surface area contributed by atoms with E-state index in [-0.39, 0.29) is 18.6 Å². The molecule has 0 radical (unpaired) electrons. The molecule has 0 bridgehead atoms. The van der Waals surface area contributed by atoms with E-state index in [2.05, 4.69) is 0 Å². The quantitative estimate of drug-likeness (QED) is 0.606. The van der Waals surface area contributed by atoms with Crippen LogP contribution in [0.25, 0.3) is 0 Å². The van der Waals surface area contributed by atoms with Crippen LogP contribution in [0.5, 0.6) is 0 Å². The first-order valence-electron chi connectivity index (χ1n) is 5.03. The molecule has 0 aliphatic heterocycles. The largest absolute Gasteiger partial charge is 0.389 e. The van der Waals surface area contributed by atoms with E-state index in [4.69, 9.17) is 4.74 Å². The molecule has 0 fully saturated rings. The van der Waals surface area contributed by atoms with Crippen molar-refractivity contribution < 1.29 is 17.9 Å². The predicted molar refractivity (Wildman–Crippen MR) is 50.2 cm³/mol. The fourth-order valence-corrected chi connectivity index (χ4v) is 1.05. The molecular weight excluding hydrogens is 193 g/mol. The lowest BCUT2D eigenvalue weighted by Crippen LogP contribution is -2.27. The molecule has 0 atom stereocenters. The fourth-order valence-electron chi connectivity index (χ4n) is 1.05. The van der Waals surface area contributed by atoms with Gasteiger partial charge in [0.25, 0.3) is 0 Å². The molecular formula is C10H19F3O. The third kappa shape index (κ3) is 6.24. The van der Waals surface area contributed by atoms with Crippen LogP contribution < -0.4 is 0 Å². The molecule has 0 N–H and O–H groups in total. The van der Waals surface area contributed by atoms with Crippen LogP contribution in [0.3, 0.4) is 0 Å². The molecule has 0 aliphatic rings.